The van der Waals surface area contributed by atoms with Crippen molar-refractivity contribution in [2.24, 2.45) is 0 Å². The van der Waals surface area contributed by atoms with E-state index in [1.54, 1.807) is 6.92 Å². The van der Waals surface area contributed by atoms with Crippen LogP contribution in [-0.4, -0.2) is 24.1 Å². The number of nitrogens with zero attached hydrogens (tertiary/aromatic N) is 1. The molecule has 0 saturated carbocycles. The molecular formula is C13H11ClFNO2. The third kappa shape index (κ3) is 1.93. The third-order valence-corrected chi connectivity index (χ3v) is 3.11. The van der Waals surface area contributed by atoms with Crippen LogP contribution in [0.2, 0.25) is 0 Å². The van der Waals surface area contributed by atoms with Crippen molar-refractivity contribution in [1.29, 1.82) is 0 Å². The predicted octanol–water partition coefficient (Wildman–Crippen LogP) is 2.46. The van der Waals surface area contributed by atoms with Crippen molar-refractivity contribution in [2.75, 3.05) is 17.3 Å². The van der Waals surface area contributed by atoms with Crippen molar-refractivity contribution in [3.63, 3.8) is 0 Å². The van der Waals surface area contributed by atoms with E-state index in [-0.39, 0.29) is 23.7 Å². The maximum absolute atomic E-state index is 13.9. The summed E-state index contributed by atoms with van der Waals surface area (Å²) in [5, 5.41) is 0. The Morgan fingerprint density at radius 1 is 1.44 bits per heavy atom. The number of rotatable bonds is 3. The van der Waals surface area contributed by atoms with Crippen molar-refractivity contribution in [1.82, 2.24) is 0 Å². The van der Waals surface area contributed by atoms with Gasteiger partial charge < -0.3 is 0 Å². The summed E-state index contributed by atoms with van der Waals surface area (Å²) in [4.78, 5) is 24.7. The minimum absolute atomic E-state index is 0.0295. The highest BCUT2D eigenvalue weighted by molar-refractivity contribution is 6.52. The van der Waals surface area contributed by atoms with Crippen molar-refractivity contribution in [3.8, 4) is 0 Å². The first-order valence-corrected chi connectivity index (χ1v) is 5.88. The first kappa shape index (κ1) is 12.8. The molecule has 2 rings (SSSR count). The zero-order valence-corrected chi connectivity index (χ0v) is 10.6. The zero-order valence-electron chi connectivity index (χ0n) is 9.80. The van der Waals surface area contributed by atoms with Crippen LogP contribution in [0.4, 0.5) is 10.1 Å². The van der Waals surface area contributed by atoms with Crippen LogP contribution in [0.15, 0.2) is 24.3 Å². The second-order valence-corrected chi connectivity index (χ2v) is 4.51. The molecule has 0 fully saturated rings. The van der Waals surface area contributed by atoms with Crippen molar-refractivity contribution in [2.45, 2.75) is 6.92 Å². The Labute approximate surface area is 109 Å². The molecular weight excluding hydrogens is 257 g/mol. The summed E-state index contributed by atoms with van der Waals surface area (Å²) in [7, 11) is 0. The summed E-state index contributed by atoms with van der Waals surface area (Å²) in [6.45, 7) is 5.38. The van der Waals surface area contributed by atoms with Crippen LogP contribution >= 0.6 is 11.6 Å². The average Bonchev–Trinajstić information content (AvgIpc) is 2.54. The summed E-state index contributed by atoms with van der Waals surface area (Å²) in [6.07, 6.45) is 0. The molecule has 0 saturated heterocycles. The molecule has 0 radical (unpaired) electrons. The largest absolute Gasteiger partial charge is 0.299 e. The maximum Gasteiger partial charge on any atom is 0.299 e. The zero-order chi connectivity index (χ0) is 13.4. The number of hydrogen-bond donors (Lipinski definition) is 0. The fourth-order valence-electron chi connectivity index (χ4n) is 1.94. The Bertz CT molecular complexity index is 568. The van der Waals surface area contributed by atoms with Crippen LogP contribution in [0.1, 0.15) is 15.9 Å². The molecule has 1 aromatic carbocycles. The number of alkyl halides is 1. The topological polar surface area (TPSA) is 37.4 Å². The third-order valence-electron chi connectivity index (χ3n) is 2.73. The highest BCUT2D eigenvalue weighted by atomic mass is 35.5. The summed E-state index contributed by atoms with van der Waals surface area (Å²) in [6, 6.07) is 2.81. The van der Waals surface area contributed by atoms with Gasteiger partial charge in [0.15, 0.2) is 0 Å². The van der Waals surface area contributed by atoms with Crippen LogP contribution in [0.5, 0.6) is 0 Å². The molecule has 0 unspecified atom stereocenters. The fraction of sp³-hybridized carbons (Fsp3) is 0.231. The minimum Gasteiger partial charge on any atom is -0.298 e. The van der Waals surface area contributed by atoms with Crippen LogP contribution in [0, 0.1) is 12.7 Å². The van der Waals surface area contributed by atoms with Crippen LogP contribution < -0.4 is 4.90 Å². The average molecular weight is 268 g/mol. The van der Waals surface area contributed by atoms with Crippen molar-refractivity contribution >= 4 is 29.0 Å². The molecule has 0 atom stereocenters. The number of hydrogen-bond acceptors (Lipinski definition) is 2. The number of ketones is 1. The Balaban J connectivity index is 2.51. The van der Waals surface area contributed by atoms with Gasteiger partial charge in [0.05, 0.1) is 11.3 Å². The molecule has 1 aromatic rings. The molecule has 1 amide bonds. The fourth-order valence-corrected chi connectivity index (χ4v) is 2.02. The number of amides is 1. The van der Waals surface area contributed by atoms with E-state index in [0.717, 1.165) is 4.90 Å². The number of benzene rings is 1. The number of aryl methyl sites for hydroxylation is 1. The SMILES string of the molecule is C=C(CCl)CN1C(=O)C(=O)c2cc(C)cc(F)c21. The lowest BCUT2D eigenvalue weighted by Gasteiger charge is -2.17. The van der Waals surface area contributed by atoms with Crippen LogP contribution in [-0.2, 0) is 4.79 Å². The van der Waals surface area contributed by atoms with Gasteiger partial charge in [-0.15, -0.1) is 11.6 Å². The number of Topliss-reactive ketones (excluding diaryl/α,β-unsaturated/α-hetero) is 1. The molecule has 5 heteroatoms. The van der Waals surface area contributed by atoms with Gasteiger partial charge in [0.1, 0.15) is 5.82 Å². The van der Waals surface area contributed by atoms with Crippen molar-refractivity contribution < 1.29 is 14.0 Å². The first-order valence-electron chi connectivity index (χ1n) is 5.34. The van der Waals surface area contributed by atoms with Gasteiger partial charge in [-0.3, -0.25) is 14.5 Å². The summed E-state index contributed by atoms with van der Waals surface area (Å²) in [5.74, 6) is -1.84. The molecule has 0 N–H and O–H groups in total. The lowest BCUT2D eigenvalue weighted by molar-refractivity contribution is -0.114. The number of anilines is 1. The number of fused-ring (bicyclic) bond motifs is 1. The lowest BCUT2D eigenvalue weighted by Crippen LogP contribution is -2.32. The second-order valence-electron chi connectivity index (χ2n) is 4.25. The Kier molecular flexibility index (Phi) is 3.22. The minimum atomic E-state index is -0.735. The van der Waals surface area contributed by atoms with E-state index in [0.29, 0.717) is 11.1 Å². The van der Waals surface area contributed by atoms with Gasteiger partial charge in [-0.1, -0.05) is 6.58 Å². The van der Waals surface area contributed by atoms with E-state index in [9.17, 15) is 14.0 Å². The van der Waals surface area contributed by atoms with E-state index < -0.39 is 17.5 Å². The van der Waals surface area contributed by atoms with Crippen LogP contribution in [0.3, 0.4) is 0 Å². The molecule has 1 aliphatic rings. The summed E-state index contributed by atoms with van der Waals surface area (Å²) < 4.78 is 13.9. The second kappa shape index (κ2) is 4.53. The van der Waals surface area contributed by atoms with Gasteiger partial charge in [-0.05, 0) is 30.2 Å². The molecule has 1 heterocycles. The van der Waals surface area contributed by atoms with E-state index >= 15 is 0 Å². The number of carbonyl (C=O) groups is 2. The van der Waals surface area contributed by atoms with E-state index in [1.807, 2.05) is 0 Å². The summed E-state index contributed by atoms with van der Waals surface area (Å²) >= 11 is 5.59. The van der Waals surface area contributed by atoms with Crippen molar-refractivity contribution in [3.05, 3.63) is 41.2 Å². The monoisotopic (exact) mass is 267 g/mol. The summed E-state index contributed by atoms with van der Waals surface area (Å²) in [5.41, 5.74) is 1.29. The number of carbonyl (C=O) groups excluding carboxylic acids is 2. The molecule has 0 spiro atoms. The van der Waals surface area contributed by atoms with E-state index in [1.165, 1.54) is 12.1 Å². The Morgan fingerprint density at radius 3 is 2.72 bits per heavy atom. The molecule has 18 heavy (non-hydrogen) atoms. The Morgan fingerprint density at radius 2 is 2.11 bits per heavy atom. The van der Waals surface area contributed by atoms with Crippen LogP contribution in [0.25, 0.3) is 0 Å². The molecule has 1 aliphatic heterocycles. The van der Waals surface area contributed by atoms with E-state index in [2.05, 4.69) is 6.58 Å². The highest BCUT2D eigenvalue weighted by Crippen LogP contribution is 2.33. The highest BCUT2D eigenvalue weighted by Gasteiger charge is 2.38. The van der Waals surface area contributed by atoms with Gasteiger partial charge in [0.25, 0.3) is 11.7 Å². The van der Waals surface area contributed by atoms with Gasteiger partial charge in [0.2, 0.25) is 0 Å². The molecule has 94 valence electrons. The molecule has 3 nitrogen and oxygen atoms in total. The molecule has 0 bridgehead atoms. The standard InChI is InChI=1S/C13H11ClFNO2/c1-7-3-9-11(10(15)4-7)16(6-8(2)5-14)13(18)12(9)17/h3-4H,2,5-6H2,1H3. The van der Waals surface area contributed by atoms with Gasteiger partial charge in [-0.25, -0.2) is 4.39 Å². The van der Waals surface area contributed by atoms with Gasteiger partial charge in [0, 0.05) is 12.4 Å². The van der Waals surface area contributed by atoms with E-state index in [4.69, 9.17) is 11.6 Å². The Hall–Kier alpha value is -1.68. The maximum atomic E-state index is 13.9. The smallest absolute Gasteiger partial charge is 0.298 e. The number of halogens is 2. The normalized spacial score (nSPS) is 14.1. The predicted molar refractivity (Wildman–Crippen MR) is 67.7 cm³/mol. The first-order chi connectivity index (χ1) is 8.45. The molecule has 0 aromatic heterocycles. The van der Waals surface area contributed by atoms with Gasteiger partial charge in [-0.2, -0.15) is 0 Å². The molecule has 0 aliphatic carbocycles. The quantitative estimate of drug-likeness (QED) is 0.479. The lowest BCUT2D eigenvalue weighted by atomic mass is 10.1. The van der Waals surface area contributed by atoms with Gasteiger partial charge >= 0.3 is 0 Å².